The Balaban J connectivity index is 3.02. The summed E-state index contributed by atoms with van der Waals surface area (Å²) in [5, 5.41) is 2.78. The van der Waals surface area contributed by atoms with Gasteiger partial charge in [0.25, 0.3) is 0 Å². The molecule has 1 rings (SSSR count). The number of anilines is 1. The number of rotatable bonds is 3. The van der Waals surface area contributed by atoms with Gasteiger partial charge >= 0.3 is 5.97 Å². The van der Waals surface area contributed by atoms with Gasteiger partial charge in [0.2, 0.25) is 5.91 Å². The van der Waals surface area contributed by atoms with Gasteiger partial charge in [-0.2, -0.15) is 0 Å². The first-order valence-electron chi connectivity index (χ1n) is 5.45. The van der Waals surface area contributed by atoms with E-state index < -0.39 is 10.3 Å². The SMILES string of the molecule is COC(=O)c1ccc(C)c(NC(=O)C(C)(C)Br)c1. The summed E-state index contributed by atoms with van der Waals surface area (Å²) in [6, 6.07) is 5.04. The lowest BCUT2D eigenvalue weighted by molar-refractivity contribution is -0.117. The zero-order valence-corrected chi connectivity index (χ0v) is 12.4. The fourth-order valence-corrected chi connectivity index (χ4v) is 1.37. The summed E-state index contributed by atoms with van der Waals surface area (Å²) in [7, 11) is 1.32. The molecule has 0 atom stereocenters. The molecule has 0 fully saturated rings. The van der Waals surface area contributed by atoms with Gasteiger partial charge in [-0.3, -0.25) is 4.79 Å². The van der Waals surface area contributed by atoms with Crippen LogP contribution in [-0.2, 0) is 9.53 Å². The molecule has 18 heavy (non-hydrogen) atoms. The van der Waals surface area contributed by atoms with Gasteiger partial charge in [0.05, 0.1) is 17.0 Å². The minimum absolute atomic E-state index is 0.174. The van der Waals surface area contributed by atoms with E-state index in [4.69, 9.17) is 0 Å². The van der Waals surface area contributed by atoms with Crippen LogP contribution in [0.25, 0.3) is 0 Å². The van der Waals surface area contributed by atoms with Crippen LogP contribution in [-0.4, -0.2) is 23.3 Å². The minimum atomic E-state index is -0.666. The number of ether oxygens (including phenoxy) is 1. The number of halogens is 1. The van der Waals surface area contributed by atoms with Crippen molar-refractivity contribution in [3.05, 3.63) is 29.3 Å². The van der Waals surface area contributed by atoms with E-state index in [1.807, 2.05) is 6.92 Å². The maximum Gasteiger partial charge on any atom is 0.337 e. The molecule has 0 spiro atoms. The molecule has 0 heterocycles. The van der Waals surface area contributed by atoms with Gasteiger partial charge in [0.1, 0.15) is 0 Å². The number of nitrogens with one attached hydrogen (secondary N) is 1. The van der Waals surface area contributed by atoms with Crippen molar-refractivity contribution in [2.45, 2.75) is 25.1 Å². The molecular formula is C13H16BrNO3. The van der Waals surface area contributed by atoms with Gasteiger partial charge in [0, 0.05) is 5.69 Å². The smallest absolute Gasteiger partial charge is 0.337 e. The summed E-state index contributed by atoms with van der Waals surface area (Å²) < 4.78 is 3.98. The quantitative estimate of drug-likeness (QED) is 0.689. The van der Waals surface area contributed by atoms with Gasteiger partial charge in [0.15, 0.2) is 0 Å². The van der Waals surface area contributed by atoms with Crippen molar-refractivity contribution < 1.29 is 14.3 Å². The molecule has 0 unspecified atom stereocenters. The van der Waals surface area contributed by atoms with Crippen LogP contribution in [0, 0.1) is 6.92 Å². The lowest BCUT2D eigenvalue weighted by atomic mass is 10.1. The Hall–Kier alpha value is -1.36. The molecule has 0 saturated carbocycles. The van der Waals surface area contributed by atoms with Gasteiger partial charge in [-0.1, -0.05) is 22.0 Å². The second-order valence-electron chi connectivity index (χ2n) is 4.45. The second-order valence-corrected chi connectivity index (χ2v) is 6.43. The van der Waals surface area contributed by atoms with Crippen molar-refractivity contribution in [2.24, 2.45) is 0 Å². The molecule has 0 bridgehead atoms. The van der Waals surface area contributed by atoms with Crippen LogP contribution in [0.5, 0.6) is 0 Å². The van der Waals surface area contributed by atoms with Gasteiger partial charge in [-0.15, -0.1) is 0 Å². The predicted octanol–water partition coefficient (Wildman–Crippen LogP) is 2.89. The molecule has 0 aromatic heterocycles. The Morgan fingerprint density at radius 2 is 1.94 bits per heavy atom. The number of aryl methyl sites for hydroxylation is 1. The summed E-state index contributed by atoms with van der Waals surface area (Å²) in [6.07, 6.45) is 0. The van der Waals surface area contributed by atoms with Crippen LogP contribution in [0.3, 0.4) is 0 Å². The van der Waals surface area contributed by atoms with Crippen molar-refractivity contribution in [3.63, 3.8) is 0 Å². The van der Waals surface area contributed by atoms with E-state index in [1.165, 1.54) is 7.11 Å². The number of hydrogen-bond acceptors (Lipinski definition) is 3. The normalized spacial score (nSPS) is 10.9. The number of esters is 1. The summed E-state index contributed by atoms with van der Waals surface area (Å²) in [6.45, 7) is 5.36. The van der Waals surface area contributed by atoms with E-state index in [0.717, 1.165) is 5.56 Å². The van der Waals surface area contributed by atoms with E-state index in [-0.39, 0.29) is 5.91 Å². The lowest BCUT2D eigenvalue weighted by Crippen LogP contribution is -2.31. The number of carbonyl (C=O) groups is 2. The molecule has 0 radical (unpaired) electrons. The minimum Gasteiger partial charge on any atom is -0.465 e. The van der Waals surface area contributed by atoms with Gasteiger partial charge < -0.3 is 10.1 Å². The molecule has 0 aliphatic rings. The first kappa shape index (κ1) is 14.7. The summed E-state index contributed by atoms with van der Waals surface area (Å²) in [5.74, 6) is -0.601. The highest BCUT2D eigenvalue weighted by Crippen LogP contribution is 2.22. The number of carbonyl (C=O) groups excluding carboxylic acids is 2. The first-order valence-corrected chi connectivity index (χ1v) is 6.24. The van der Waals surface area contributed by atoms with Crippen molar-refractivity contribution in [1.82, 2.24) is 0 Å². The molecule has 0 saturated heterocycles. The number of hydrogen-bond donors (Lipinski definition) is 1. The van der Waals surface area contributed by atoms with Crippen molar-refractivity contribution in [1.29, 1.82) is 0 Å². The Morgan fingerprint density at radius 1 is 1.33 bits per heavy atom. The van der Waals surface area contributed by atoms with Crippen molar-refractivity contribution in [3.8, 4) is 0 Å². The lowest BCUT2D eigenvalue weighted by Gasteiger charge is -2.17. The fraction of sp³-hybridized carbons (Fsp3) is 0.385. The molecule has 0 aliphatic heterocycles. The molecule has 1 aromatic rings. The van der Waals surface area contributed by atoms with Crippen LogP contribution < -0.4 is 5.32 Å². The maximum absolute atomic E-state index is 11.9. The molecule has 4 nitrogen and oxygen atoms in total. The molecular weight excluding hydrogens is 298 g/mol. The number of benzene rings is 1. The number of amides is 1. The Labute approximate surface area is 115 Å². The van der Waals surface area contributed by atoms with Crippen molar-refractivity contribution in [2.75, 3.05) is 12.4 Å². The summed E-state index contributed by atoms with van der Waals surface area (Å²) >= 11 is 3.28. The third kappa shape index (κ3) is 3.57. The maximum atomic E-state index is 11.9. The van der Waals surface area contributed by atoms with Gasteiger partial charge in [-0.05, 0) is 38.5 Å². The highest BCUT2D eigenvalue weighted by atomic mass is 79.9. The van der Waals surface area contributed by atoms with Crippen LogP contribution in [0.2, 0.25) is 0 Å². The Morgan fingerprint density at radius 3 is 2.44 bits per heavy atom. The van der Waals surface area contributed by atoms with E-state index in [2.05, 4.69) is 26.0 Å². The van der Waals surface area contributed by atoms with Crippen LogP contribution >= 0.6 is 15.9 Å². The molecule has 5 heteroatoms. The van der Waals surface area contributed by atoms with E-state index in [0.29, 0.717) is 11.3 Å². The highest BCUT2D eigenvalue weighted by Gasteiger charge is 2.24. The average Bonchev–Trinajstić information content (AvgIpc) is 2.29. The third-order valence-electron chi connectivity index (χ3n) is 2.45. The first-order chi connectivity index (χ1) is 8.25. The van der Waals surface area contributed by atoms with Crippen LogP contribution in [0.4, 0.5) is 5.69 Å². The summed E-state index contributed by atoms with van der Waals surface area (Å²) in [5.41, 5.74) is 1.90. The number of methoxy groups -OCH3 is 1. The average molecular weight is 314 g/mol. The third-order valence-corrected chi connectivity index (χ3v) is 2.81. The van der Waals surface area contributed by atoms with Crippen LogP contribution in [0.15, 0.2) is 18.2 Å². The predicted molar refractivity (Wildman–Crippen MR) is 74.2 cm³/mol. The molecule has 98 valence electrons. The summed E-state index contributed by atoms with van der Waals surface area (Å²) in [4.78, 5) is 23.3. The molecule has 1 aromatic carbocycles. The monoisotopic (exact) mass is 313 g/mol. The standard InChI is InChI=1S/C13H16BrNO3/c1-8-5-6-9(11(16)18-4)7-10(8)15-12(17)13(2,3)14/h5-7H,1-4H3,(H,15,17). The van der Waals surface area contributed by atoms with E-state index >= 15 is 0 Å². The molecule has 0 aliphatic carbocycles. The molecule has 1 N–H and O–H groups in total. The topological polar surface area (TPSA) is 55.4 Å². The molecule has 1 amide bonds. The Bertz CT molecular complexity index is 478. The Kier molecular flexibility index (Phi) is 4.51. The largest absolute Gasteiger partial charge is 0.465 e. The second kappa shape index (κ2) is 5.52. The fourth-order valence-electron chi connectivity index (χ4n) is 1.27. The van der Waals surface area contributed by atoms with E-state index in [9.17, 15) is 9.59 Å². The zero-order valence-electron chi connectivity index (χ0n) is 10.8. The van der Waals surface area contributed by atoms with Gasteiger partial charge in [-0.25, -0.2) is 4.79 Å². The van der Waals surface area contributed by atoms with E-state index in [1.54, 1.807) is 32.0 Å². The van der Waals surface area contributed by atoms with Crippen molar-refractivity contribution >= 4 is 33.5 Å². The number of alkyl halides is 1. The highest BCUT2D eigenvalue weighted by molar-refractivity contribution is 9.10. The van der Waals surface area contributed by atoms with Crippen LogP contribution in [0.1, 0.15) is 29.8 Å². The zero-order chi connectivity index (χ0) is 13.9.